The number of nitrogens with zero attached hydrogens (tertiary/aromatic N) is 1. The molecule has 0 fully saturated rings. The van der Waals surface area contributed by atoms with Crippen LogP contribution < -0.4 is 0 Å². The number of ether oxygens (including phenoxy) is 1. The highest BCUT2D eigenvalue weighted by Gasteiger charge is 2.16. The molecule has 0 aromatic carbocycles. The zero-order chi connectivity index (χ0) is 10.6. The summed E-state index contributed by atoms with van der Waals surface area (Å²) in [5, 5.41) is 0. The number of rotatable bonds is 4. The molecule has 14 heavy (non-hydrogen) atoms. The average Bonchev–Trinajstić information content (AvgIpc) is 2.45. The Bertz CT molecular complexity index is 317. The number of carbonyl (C=O) groups excluding carboxylic acids is 1. The molecule has 1 aromatic heterocycles. The van der Waals surface area contributed by atoms with Crippen molar-refractivity contribution in [2.75, 3.05) is 6.61 Å². The molecule has 1 heterocycles. The summed E-state index contributed by atoms with van der Waals surface area (Å²) in [6.45, 7) is 5.91. The molecule has 0 radical (unpaired) electrons. The van der Waals surface area contributed by atoms with Crippen LogP contribution in [0.5, 0.6) is 0 Å². The highest BCUT2D eigenvalue weighted by atomic mass is 16.5. The summed E-state index contributed by atoms with van der Waals surface area (Å²) < 4.78 is 10.1. The van der Waals surface area contributed by atoms with Gasteiger partial charge >= 0.3 is 5.97 Å². The van der Waals surface area contributed by atoms with Gasteiger partial charge in [-0.1, -0.05) is 13.3 Å². The average molecular weight is 197 g/mol. The zero-order valence-electron chi connectivity index (χ0n) is 8.79. The molecule has 4 nitrogen and oxygen atoms in total. The van der Waals surface area contributed by atoms with Gasteiger partial charge in [-0.2, -0.15) is 0 Å². The van der Waals surface area contributed by atoms with Gasteiger partial charge in [0.1, 0.15) is 0 Å². The summed E-state index contributed by atoms with van der Waals surface area (Å²) in [5.74, 6) is 0.292. The molecular weight excluding hydrogens is 182 g/mol. The number of hydrogen-bond donors (Lipinski definition) is 0. The second-order valence-electron chi connectivity index (χ2n) is 3.14. The van der Waals surface area contributed by atoms with Crippen molar-refractivity contribution >= 4 is 5.97 Å². The molecule has 0 aliphatic carbocycles. The van der Waals surface area contributed by atoms with Crippen molar-refractivity contribution in [1.29, 1.82) is 0 Å². The van der Waals surface area contributed by atoms with E-state index >= 15 is 0 Å². The highest BCUT2D eigenvalue weighted by molar-refractivity contribution is 5.87. The van der Waals surface area contributed by atoms with Gasteiger partial charge in [0.25, 0.3) is 0 Å². The van der Waals surface area contributed by atoms with E-state index < -0.39 is 5.97 Å². The minimum atomic E-state index is -0.420. The van der Waals surface area contributed by atoms with Crippen LogP contribution in [0.3, 0.4) is 0 Å². The van der Waals surface area contributed by atoms with E-state index in [0.717, 1.165) is 12.8 Å². The van der Waals surface area contributed by atoms with Crippen LogP contribution in [-0.4, -0.2) is 17.6 Å². The van der Waals surface area contributed by atoms with Crippen LogP contribution in [0.2, 0.25) is 0 Å². The third kappa shape index (κ3) is 2.58. The van der Waals surface area contributed by atoms with E-state index in [4.69, 9.17) is 9.15 Å². The first-order valence-electron chi connectivity index (χ1n) is 4.76. The smallest absolute Gasteiger partial charge is 0.376 e. The molecule has 0 atom stereocenters. The van der Waals surface area contributed by atoms with Gasteiger partial charge in [-0.15, -0.1) is 0 Å². The van der Waals surface area contributed by atoms with Crippen molar-refractivity contribution in [2.24, 2.45) is 0 Å². The number of aryl methyl sites for hydroxylation is 2. The maximum Gasteiger partial charge on any atom is 0.376 e. The Labute approximate surface area is 83.3 Å². The van der Waals surface area contributed by atoms with Crippen molar-refractivity contribution < 1.29 is 13.9 Å². The molecule has 0 amide bonds. The SMILES string of the molecule is CCCCOC(=O)c1oc(C)nc1C. The van der Waals surface area contributed by atoms with Crippen LogP contribution in [0.1, 0.15) is 41.9 Å². The van der Waals surface area contributed by atoms with E-state index in [1.165, 1.54) is 0 Å². The summed E-state index contributed by atoms with van der Waals surface area (Å²) in [7, 11) is 0. The predicted octanol–water partition coefficient (Wildman–Crippen LogP) is 2.25. The highest BCUT2D eigenvalue weighted by Crippen LogP contribution is 2.10. The third-order valence-electron chi connectivity index (χ3n) is 1.82. The van der Waals surface area contributed by atoms with Crippen molar-refractivity contribution in [3.8, 4) is 0 Å². The molecule has 0 saturated heterocycles. The number of unbranched alkanes of at least 4 members (excludes halogenated alkanes) is 1. The monoisotopic (exact) mass is 197 g/mol. The van der Waals surface area contributed by atoms with Gasteiger partial charge in [0, 0.05) is 6.92 Å². The van der Waals surface area contributed by atoms with Crippen molar-refractivity contribution in [2.45, 2.75) is 33.6 Å². The molecule has 0 unspecified atom stereocenters. The third-order valence-corrected chi connectivity index (χ3v) is 1.82. The molecule has 0 saturated carbocycles. The Morgan fingerprint density at radius 2 is 2.21 bits per heavy atom. The molecule has 4 heteroatoms. The van der Waals surface area contributed by atoms with Gasteiger partial charge in [0.05, 0.1) is 12.3 Å². The van der Waals surface area contributed by atoms with E-state index in [1.54, 1.807) is 13.8 Å². The summed E-state index contributed by atoms with van der Waals surface area (Å²) in [4.78, 5) is 15.4. The summed E-state index contributed by atoms with van der Waals surface area (Å²) in [6.07, 6.45) is 1.87. The first-order valence-corrected chi connectivity index (χ1v) is 4.76. The second kappa shape index (κ2) is 4.79. The summed E-state index contributed by atoms with van der Waals surface area (Å²) in [6, 6.07) is 0. The fraction of sp³-hybridized carbons (Fsp3) is 0.600. The molecule has 0 spiro atoms. The van der Waals surface area contributed by atoms with Gasteiger partial charge in [0.15, 0.2) is 5.89 Å². The van der Waals surface area contributed by atoms with Gasteiger partial charge in [-0.05, 0) is 13.3 Å². The van der Waals surface area contributed by atoms with Gasteiger partial charge in [-0.25, -0.2) is 9.78 Å². The quantitative estimate of drug-likeness (QED) is 0.548. The maximum atomic E-state index is 11.4. The fourth-order valence-electron chi connectivity index (χ4n) is 1.10. The van der Waals surface area contributed by atoms with Crippen LogP contribution in [-0.2, 0) is 4.74 Å². The first kappa shape index (κ1) is 10.8. The Hall–Kier alpha value is -1.32. The lowest BCUT2D eigenvalue weighted by Gasteiger charge is -2.00. The van der Waals surface area contributed by atoms with Crippen LogP contribution >= 0.6 is 0 Å². The van der Waals surface area contributed by atoms with Crippen molar-refractivity contribution in [3.63, 3.8) is 0 Å². The van der Waals surface area contributed by atoms with Crippen LogP contribution in [0.15, 0.2) is 4.42 Å². The van der Waals surface area contributed by atoms with E-state index in [9.17, 15) is 4.79 Å². The van der Waals surface area contributed by atoms with Gasteiger partial charge in [-0.3, -0.25) is 0 Å². The number of oxazole rings is 1. The Kier molecular flexibility index (Phi) is 3.68. The molecule has 1 aromatic rings. The van der Waals surface area contributed by atoms with Gasteiger partial charge in [0.2, 0.25) is 5.76 Å². The van der Waals surface area contributed by atoms with Crippen molar-refractivity contribution in [1.82, 2.24) is 4.98 Å². The lowest BCUT2D eigenvalue weighted by Crippen LogP contribution is -2.06. The standard InChI is InChI=1S/C10H15NO3/c1-4-5-6-13-10(12)9-7(2)11-8(3)14-9/h4-6H2,1-3H3. The van der Waals surface area contributed by atoms with E-state index in [-0.39, 0.29) is 5.76 Å². The second-order valence-corrected chi connectivity index (χ2v) is 3.14. The summed E-state index contributed by atoms with van der Waals surface area (Å²) in [5.41, 5.74) is 0.587. The maximum absolute atomic E-state index is 11.4. The molecule has 78 valence electrons. The lowest BCUT2D eigenvalue weighted by molar-refractivity contribution is 0.0461. The lowest BCUT2D eigenvalue weighted by atomic mass is 10.3. The number of carbonyl (C=O) groups is 1. The van der Waals surface area contributed by atoms with E-state index in [2.05, 4.69) is 4.98 Å². The molecule has 1 rings (SSSR count). The number of hydrogen-bond acceptors (Lipinski definition) is 4. The Morgan fingerprint density at radius 1 is 1.50 bits per heavy atom. The first-order chi connectivity index (χ1) is 6.65. The molecule has 0 bridgehead atoms. The largest absolute Gasteiger partial charge is 0.460 e. The van der Waals surface area contributed by atoms with E-state index in [1.807, 2.05) is 6.92 Å². The molecule has 0 aliphatic heterocycles. The topological polar surface area (TPSA) is 52.3 Å². The van der Waals surface area contributed by atoms with Crippen LogP contribution in [0.4, 0.5) is 0 Å². The fourth-order valence-corrected chi connectivity index (χ4v) is 1.10. The van der Waals surface area contributed by atoms with Crippen molar-refractivity contribution in [3.05, 3.63) is 17.3 Å². The Balaban J connectivity index is 2.56. The zero-order valence-corrected chi connectivity index (χ0v) is 8.79. The molecular formula is C10H15NO3. The summed E-state index contributed by atoms with van der Waals surface area (Å²) >= 11 is 0. The van der Waals surface area contributed by atoms with Crippen LogP contribution in [0, 0.1) is 13.8 Å². The number of aromatic nitrogens is 1. The predicted molar refractivity (Wildman–Crippen MR) is 51.2 cm³/mol. The van der Waals surface area contributed by atoms with Gasteiger partial charge < -0.3 is 9.15 Å². The van der Waals surface area contributed by atoms with E-state index in [0.29, 0.717) is 18.2 Å². The minimum Gasteiger partial charge on any atom is -0.460 e. The molecule has 0 aliphatic rings. The Morgan fingerprint density at radius 3 is 2.71 bits per heavy atom. The molecule has 0 N–H and O–H groups in total. The van der Waals surface area contributed by atoms with Crippen LogP contribution in [0.25, 0.3) is 0 Å². The minimum absolute atomic E-state index is 0.221. The normalized spacial score (nSPS) is 10.2. The number of esters is 1.